The number of nitrogen functional groups attached to an aromatic ring is 1. The van der Waals surface area contributed by atoms with Crippen molar-refractivity contribution >= 4 is 23.0 Å². The number of nitrogens with two attached hydrogens (primary N) is 1. The maximum absolute atomic E-state index is 13.7. The van der Waals surface area contributed by atoms with Crippen LogP contribution in [0.3, 0.4) is 0 Å². The lowest BCUT2D eigenvalue weighted by molar-refractivity contribution is 0.0602. The van der Waals surface area contributed by atoms with Crippen LogP contribution in [-0.2, 0) is 4.74 Å². The second-order valence-electron chi connectivity index (χ2n) is 4.40. The van der Waals surface area contributed by atoms with Gasteiger partial charge in [0.15, 0.2) is 0 Å². The molecule has 0 radical (unpaired) electrons. The molecule has 0 aromatic heterocycles. The fraction of sp³-hybridized carbons (Fsp3) is 0.133. The summed E-state index contributed by atoms with van der Waals surface area (Å²) in [7, 11) is 1.28. The third kappa shape index (κ3) is 2.88. The fourth-order valence-electron chi connectivity index (χ4n) is 1.83. The van der Waals surface area contributed by atoms with E-state index in [0.29, 0.717) is 17.1 Å². The minimum Gasteiger partial charge on any atom is -0.465 e. The fourth-order valence-corrected chi connectivity index (χ4v) is 1.83. The molecule has 20 heavy (non-hydrogen) atoms. The van der Waals surface area contributed by atoms with E-state index in [4.69, 9.17) is 10.5 Å². The predicted octanol–water partition coefficient (Wildman–Crippen LogP) is 3.25. The van der Waals surface area contributed by atoms with Gasteiger partial charge in [0.1, 0.15) is 5.82 Å². The lowest BCUT2D eigenvalue weighted by atomic mass is 10.1. The molecule has 0 aliphatic carbocycles. The van der Waals surface area contributed by atoms with E-state index in [9.17, 15) is 9.18 Å². The molecule has 2 aromatic carbocycles. The van der Waals surface area contributed by atoms with Gasteiger partial charge in [-0.1, -0.05) is 6.07 Å². The summed E-state index contributed by atoms with van der Waals surface area (Å²) >= 11 is 0. The Morgan fingerprint density at radius 3 is 2.65 bits per heavy atom. The number of hydrogen-bond donors (Lipinski definition) is 2. The van der Waals surface area contributed by atoms with Crippen LogP contribution in [0.1, 0.15) is 15.9 Å². The first-order valence-electron chi connectivity index (χ1n) is 6.02. The number of methoxy groups -OCH3 is 1. The summed E-state index contributed by atoms with van der Waals surface area (Å²) in [5.74, 6) is -0.934. The van der Waals surface area contributed by atoms with Gasteiger partial charge in [-0.2, -0.15) is 0 Å². The minimum absolute atomic E-state index is 0.258. The number of ether oxygens (including phenoxy) is 1. The third-order valence-electron chi connectivity index (χ3n) is 2.84. The average Bonchev–Trinajstić information content (AvgIpc) is 2.43. The van der Waals surface area contributed by atoms with E-state index >= 15 is 0 Å². The zero-order valence-electron chi connectivity index (χ0n) is 11.2. The van der Waals surface area contributed by atoms with Crippen LogP contribution in [0.4, 0.5) is 21.5 Å². The van der Waals surface area contributed by atoms with Crippen LogP contribution in [0.25, 0.3) is 0 Å². The van der Waals surface area contributed by atoms with Crippen molar-refractivity contribution in [3.05, 3.63) is 53.3 Å². The number of carbonyl (C=O) groups is 1. The normalized spacial score (nSPS) is 10.2. The van der Waals surface area contributed by atoms with E-state index in [1.54, 1.807) is 24.3 Å². The molecule has 3 N–H and O–H groups in total. The second kappa shape index (κ2) is 5.61. The zero-order valence-corrected chi connectivity index (χ0v) is 11.2. The highest BCUT2D eigenvalue weighted by Crippen LogP contribution is 2.26. The summed E-state index contributed by atoms with van der Waals surface area (Å²) in [5, 5.41) is 2.89. The molecule has 0 heterocycles. The zero-order chi connectivity index (χ0) is 14.7. The molecule has 0 aliphatic rings. The average molecular weight is 274 g/mol. The van der Waals surface area contributed by atoms with E-state index in [2.05, 4.69) is 5.32 Å². The van der Waals surface area contributed by atoms with E-state index in [1.807, 2.05) is 6.92 Å². The Hall–Kier alpha value is -2.56. The molecule has 0 bridgehead atoms. The number of anilines is 3. The Balaban J connectivity index is 2.43. The van der Waals surface area contributed by atoms with Gasteiger partial charge in [0.05, 0.1) is 24.0 Å². The maximum Gasteiger partial charge on any atom is 0.340 e. The van der Waals surface area contributed by atoms with Crippen molar-refractivity contribution in [3.8, 4) is 0 Å². The third-order valence-corrected chi connectivity index (χ3v) is 2.84. The summed E-state index contributed by atoms with van der Waals surface area (Å²) in [6.07, 6.45) is 0. The molecule has 2 rings (SSSR count). The molecule has 0 atom stereocenters. The number of aryl methyl sites for hydroxylation is 1. The second-order valence-corrected chi connectivity index (χ2v) is 4.40. The molecule has 0 aliphatic heterocycles. The molecule has 104 valence electrons. The van der Waals surface area contributed by atoms with Crippen LogP contribution in [-0.4, -0.2) is 13.1 Å². The van der Waals surface area contributed by atoms with Gasteiger partial charge >= 0.3 is 5.97 Å². The van der Waals surface area contributed by atoms with Crippen molar-refractivity contribution in [1.82, 2.24) is 0 Å². The molecule has 0 saturated heterocycles. The van der Waals surface area contributed by atoms with Gasteiger partial charge in [0.2, 0.25) is 0 Å². The van der Waals surface area contributed by atoms with E-state index in [-0.39, 0.29) is 5.56 Å². The maximum atomic E-state index is 13.7. The quantitative estimate of drug-likeness (QED) is 0.666. The molecular formula is C15H15FN2O2. The Bertz CT molecular complexity index is 656. The number of esters is 1. The molecule has 0 amide bonds. The first-order chi connectivity index (χ1) is 9.51. The van der Waals surface area contributed by atoms with Gasteiger partial charge < -0.3 is 15.8 Å². The van der Waals surface area contributed by atoms with Crippen molar-refractivity contribution in [3.63, 3.8) is 0 Å². The van der Waals surface area contributed by atoms with Crippen LogP contribution < -0.4 is 11.1 Å². The highest BCUT2D eigenvalue weighted by atomic mass is 19.1. The van der Waals surface area contributed by atoms with Crippen LogP contribution in [0, 0.1) is 12.7 Å². The lowest BCUT2D eigenvalue weighted by Gasteiger charge is -2.12. The monoisotopic (exact) mass is 274 g/mol. The first kappa shape index (κ1) is 13.9. The molecule has 0 fully saturated rings. The van der Waals surface area contributed by atoms with Crippen molar-refractivity contribution in [1.29, 1.82) is 0 Å². The van der Waals surface area contributed by atoms with Crippen molar-refractivity contribution < 1.29 is 13.9 Å². The number of hydrogen-bond acceptors (Lipinski definition) is 4. The Kier molecular flexibility index (Phi) is 3.89. The van der Waals surface area contributed by atoms with Gasteiger partial charge in [0.25, 0.3) is 0 Å². The number of rotatable bonds is 3. The molecule has 0 saturated carbocycles. The standard InChI is InChI=1S/C15H15FN2O2/c1-9-3-5-12(16)14(7-9)18-13-6-4-10(17)8-11(13)15(19)20-2/h3-8,18H,17H2,1-2H3. The molecule has 2 aromatic rings. The van der Waals surface area contributed by atoms with Crippen LogP contribution >= 0.6 is 0 Å². The van der Waals surface area contributed by atoms with Crippen LogP contribution in [0.5, 0.6) is 0 Å². The first-order valence-corrected chi connectivity index (χ1v) is 6.02. The number of carbonyl (C=O) groups excluding carboxylic acids is 1. The topological polar surface area (TPSA) is 64.3 Å². The van der Waals surface area contributed by atoms with Crippen LogP contribution in [0.2, 0.25) is 0 Å². The SMILES string of the molecule is COC(=O)c1cc(N)ccc1Nc1cc(C)ccc1F. The van der Waals surface area contributed by atoms with Gasteiger partial charge in [0, 0.05) is 5.69 Å². The number of benzene rings is 2. The van der Waals surface area contributed by atoms with E-state index in [0.717, 1.165) is 5.56 Å². The summed E-state index contributed by atoms with van der Waals surface area (Å²) in [5.41, 5.74) is 7.99. The Morgan fingerprint density at radius 1 is 1.20 bits per heavy atom. The van der Waals surface area contributed by atoms with Gasteiger partial charge in [-0.15, -0.1) is 0 Å². The highest BCUT2D eigenvalue weighted by Gasteiger charge is 2.13. The largest absolute Gasteiger partial charge is 0.465 e. The van der Waals surface area contributed by atoms with Crippen LogP contribution in [0.15, 0.2) is 36.4 Å². The molecule has 0 unspecified atom stereocenters. The van der Waals surface area contributed by atoms with Gasteiger partial charge in [-0.05, 0) is 42.8 Å². The molecule has 0 spiro atoms. The summed E-state index contributed by atoms with van der Waals surface area (Å²) in [6, 6.07) is 9.43. The van der Waals surface area contributed by atoms with Crippen molar-refractivity contribution in [2.24, 2.45) is 0 Å². The number of nitrogens with one attached hydrogen (secondary N) is 1. The molecular weight excluding hydrogens is 259 g/mol. The minimum atomic E-state index is -0.534. The molecule has 4 nitrogen and oxygen atoms in total. The number of halogens is 1. The Labute approximate surface area is 116 Å². The highest BCUT2D eigenvalue weighted by molar-refractivity contribution is 5.97. The van der Waals surface area contributed by atoms with E-state index < -0.39 is 11.8 Å². The van der Waals surface area contributed by atoms with Crippen molar-refractivity contribution in [2.75, 3.05) is 18.2 Å². The Morgan fingerprint density at radius 2 is 1.95 bits per heavy atom. The van der Waals surface area contributed by atoms with Gasteiger partial charge in [-0.25, -0.2) is 9.18 Å². The summed E-state index contributed by atoms with van der Waals surface area (Å²) in [4.78, 5) is 11.7. The van der Waals surface area contributed by atoms with Gasteiger partial charge in [-0.3, -0.25) is 0 Å². The smallest absolute Gasteiger partial charge is 0.340 e. The summed E-state index contributed by atoms with van der Waals surface area (Å²) < 4.78 is 18.4. The predicted molar refractivity (Wildman–Crippen MR) is 76.6 cm³/mol. The van der Waals surface area contributed by atoms with E-state index in [1.165, 1.54) is 19.2 Å². The lowest BCUT2D eigenvalue weighted by Crippen LogP contribution is -2.07. The molecule has 5 heteroatoms. The van der Waals surface area contributed by atoms with Crippen molar-refractivity contribution in [2.45, 2.75) is 6.92 Å². The summed E-state index contributed by atoms with van der Waals surface area (Å²) in [6.45, 7) is 1.86.